The van der Waals surface area contributed by atoms with Gasteiger partial charge in [-0.3, -0.25) is 9.59 Å². The molecular formula is C32H35Cl2N5O2. The van der Waals surface area contributed by atoms with E-state index in [9.17, 15) is 9.59 Å². The number of nitrogen functional groups attached to an aromatic ring is 1. The molecule has 1 unspecified atom stereocenters. The summed E-state index contributed by atoms with van der Waals surface area (Å²) in [6.07, 6.45) is 5.31. The van der Waals surface area contributed by atoms with Crippen LogP contribution in [0.5, 0.6) is 0 Å². The van der Waals surface area contributed by atoms with Gasteiger partial charge in [0.25, 0.3) is 0 Å². The van der Waals surface area contributed by atoms with E-state index < -0.39 is 0 Å². The number of carbonyl (C=O) groups excluding carboxylic acids is 2. The quantitative estimate of drug-likeness (QED) is 0.246. The maximum Gasteiger partial charge on any atom is 0.227 e. The van der Waals surface area contributed by atoms with Crippen molar-refractivity contribution < 1.29 is 9.59 Å². The van der Waals surface area contributed by atoms with E-state index >= 15 is 0 Å². The highest BCUT2D eigenvalue weighted by molar-refractivity contribution is 6.35. The lowest BCUT2D eigenvalue weighted by Gasteiger charge is -2.45. The molecule has 1 saturated heterocycles. The van der Waals surface area contributed by atoms with Crippen LogP contribution < -0.4 is 5.73 Å². The minimum Gasteiger partial charge on any atom is -0.369 e. The highest BCUT2D eigenvalue weighted by Gasteiger charge is 2.36. The fraction of sp³-hybridized carbons (Fsp3) is 0.344. The molecule has 7 nitrogen and oxygen atoms in total. The number of aryl methyl sites for hydroxylation is 2. The second kappa shape index (κ2) is 13.0. The smallest absolute Gasteiger partial charge is 0.227 e. The van der Waals surface area contributed by atoms with Crippen LogP contribution in [-0.2, 0) is 28.9 Å². The van der Waals surface area contributed by atoms with Gasteiger partial charge in [0.15, 0.2) is 5.95 Å². The number of aromatic nitrogens is 2. The molecule has 3 N–H and O–H groups in total. The molecule has 1 aliphatic rings. The molecule has 0 aliphatic carbocycles. The van der Waals surface area contributed by atoms with Gasteiger partial charge in [-0.25, -0.2) is 4.98 Å². The molecule has 41 heavy (non-hydrogen) atoms. The van der Waals surface area contributed by atoms with E-state index in [1.807, 2.05) is 41.0 Å². The van der Waals surface area contributed by atoms with Crippen LogP contribution in [0.2, 0.25) is 10.0 Å². The Morgan fingerprint density at radius 2 is 1.78 bits per heavy atom. The average molecular weight is 593 g/mol. The zero-order valence-electron chi connectivity index (χ0n) is 23.2. The van der Waals surface area contributed by atoms with Crippen molar-refractivity contribution in [2.45, 2.75) is 57.5 Å². The first-order valence-corrected chi connectivity index (χ1v) is 14.8. The predicted octanol–water partition coefficient (Wildman–Crippen LogP) is 6.08. The number of hydrogen-bond acceptors (Lipinski definition) is 4. The first-order valence-electron chi connectivity index (χ1n) is 14.1. The first-order chi connectivity index (χ1) is 19.8. The summed E-state index contributed by atoms with van der Waals surface area (Å²) in [6, 6.07) is 19.5. The third-order valence-electron chi connectivity index (χ3n) is 7.91. The first kappa shape index (κ1) is 29.0. The minimum atomic E-state index is -0.0883. The topological polar surface area (TPSA) is 95.3 Å². The summed E-state index contributed by atoms with van der Waals surface area (Å²) in [4.78, 5) is 38.2. The monoisotopic (exact) mass is 591 g/mol. The van der Waals surface area contributed by atoms with E-state index in [0.717, 1.165) is 46.9 Å². The van der Waals surface area contributed by atoms with E-state index in [4.69, 9.17) is 28.9 Å². The summed E-state index contributed by atoms with van der Waals surface area (Å²) in [7, 11) is 0. The van der Waals surface area contributed by atoms with Crippen molar-refractivity contribution in [1.82, 2.24) is 19.8 Å². The van der Waals surface area contributed by atoms with Crippen LogP contribution in [0.25, 0.3) is 10.8 Å². The number of piperazine rings is 1. The van der Waals surface area contributed by atoms with Gasteiger partial charge >= 0.3 is 0 Å². The van der Waals surface area contributed by atoms with Crippen LogP contribution >= 0.6 is 23.2 Å². The molecule has 9 heteroatoms. The van der Waals surface area contributed by atoms with Gasteiger partial charge in [-0.05, 0) is 66.6 Å². The summed E-state index contributed by atoms with van der Waals surface area (Å²) in [6.45, 7) is 3.03. The maximum absolute atomic E-state index is 13.6. The number of hydrogen-bond donors (Lipinski definition) is 2. The van der Waals surface area contributed by atoms with Gasteiger partial charge in [-0.15, -0.1) is 0 Å². The summed E-state index contributed by atoms with van der Waals surface area (Å²) in [5, 5.41) is 3.42. The maximum atomic E-state index is 13.6. The lowest BCUT2D eigenvalue weighted by atomic mass is 9.98. The molecular weight excluding hydrogens is 557 g/mol. The molecule has 3 aromatic carbocycles. The molecule has 1 aromatic heterocycles. The zero-order valence-corrected chi connectivity index (χ0v) is 24.7. The third-order valence-corrected chi connectivity index (χ3v) is 8.49. The average Bonchev–Trinajstić information content (AvgIpc) is 3.37. The minimum absolute atomic E-state index is 0.0697. The van der Waals surface area contributed by atoms with Crippen molar-refractivity contribution in [3.8, 4) is 0 Å². The van der Waals surface area contributed by atoms with Crippen molar-refractivity contribution in [2.24, 2.45) is 0 Å². The number of imidazole rings is 1. The van der Waals surface area contributed by atoms with Crippen LogP contribution in [0.1, 0.15) is 43.0 Å². The normalized spacial score (nSPS) is 17.2. The number of nitrogens with two attached hydrogens (primary N) is 1. The second-order valence-electron chi connectivity index (χ2n) is 10.9. The van der Waals surface area contributed by atoms with Gasteiger partial charge in [-0.2, -0.15) is 0 Å². The summed E-state index contributed by atoms with van der Waals surface area (Å²) in [5.41, 5.74) is 8.59. The standard InChI is InChI=1S/C32H35Cl2N5O2/c1-21-19-39(30(40)14-12-24-11-13-26(33)17-29(24)34)28(8-4-7-27-18-36-32(35)37-27)20-38(21)31(41)16-22-9-10-23-5-2-3-6-25(23)15-22/h2-3,5-6,9-11,13,15,17-18,21,28H,4,7-8,12,14,16,19-20H2,1H3,(H3,35,36,37)/t21-,28?/m1/s1. The van der Waals surface area contributed by atoms with E-state index in [2.05, 4.69) is 34.2 Å². The molecule has 0 radical (unpaired) electrons. The van der Waals surface area contributed by atoms with E-state index in [0.29, 0.717) is 48.3 Å². The SMILES string of the molecule is C[C@@H]1CN(C(=O)CCc2ccc(Cl)cc2Cl)C(CCCc2cnc(N)[nH]2)CN1C(=O)Cc1ccc2ccccc2c1. The van der Waals surface area contributed by atoms with Crippen LogP contribution in [0.3, 0.4) is 0 Å². The highest BCUT2D eigenvalue weighted by atomic mass is 35.5. The number of halogens is 2. The highest BCUT2D eigenvalue weighted by Crippen LogP contribution is 2.26. The molecule has 2 atom stereocenters. The summed E-state index contributed by atoms with van der Waals surface area (Å²) >= 11 is 12.4. The number of rotatable bonds is 9. The van der Waals surface area contributed by atoms with Crippen molar-refractivity contribution in [1.29, 1.82) is 0 Å². The Labute approximate surface area is 250 Å². The molecule has 1 aliphatic heterocycles. The molecule has 0 bridgehead atoms. The fourth-order valence-corrected chi connectivity index (χ4v) is 6.21. The van der Waals surface area contributed by atoms with Gasteiger partial charge in [0.2, 0.25) is 11.8 Å². The lowest BCUT2D eigenvalue weighted by Crippen LogP contribution is -2.60. The molecule has 2 heterocycles. The molecule has 5 rings (SSSR count). The Bertz CT molecular complexity index is 1540. The van der Waals surface area contributed by atoms with Gasteiger partial charge in [0.05, 0.1) is 12.6 Å². The van der Waals surface area contributed by atoms with Crippen molar-refractivity contribution in [3.05, 3.63) is 93.7 Å². The Morgan fingerprint density at radius 3 is 2.54 bits per heavy atom. The number of anilines is 1. The second-order valence-corrected chi connectivity index (χ2v) is 11.7. The van der Waals surface area contributed by atoms with Gasteiger partial charge < -0.3 is 20.5 Å². The number of amides is 2. The van der Waals surface area contributed by atoms with Gasteiger partial charge in [-0.1, -0.05) is 71.7 Å². The predicted molar refractivity (Wildman–Crippen MR) is 165 cm³/mol. The number of aromatic amines is 1. The number of carbonyl (C=O) groups is 2. The van der Waals surface area contributed by atoms with Crippen LogP contribution in [0.15, 0.2) is 66.9 Å². The fourth-order valence-electron chi connectivity index (χ4n) is 5.70. The number of benzene rings is 3. The number of nitrogens with zero attached hydrogens (tertiary/aromatic N) is 3. The zero-order chi connectivity index (χ0) is 28.9. The molecule has 0 saturated carbocycles. The molecule has 214 valence electrons. The largest absolute Gasteiger partial charge is 0.369 e. The van der Waals surface area contributed by atoms with Crippen LogP contribution in [0, 0.1) is 0 Å². The summed E-state index contributed by atoms with van der Waals surface area (Å²) in [5.74, 6) is 0.550. The van der Waals surface area contributed by atoms with Crippen molar-refractivity contribution in [3.63, 3.8) is 0 Å². The number of fused-ring (bicyclic) bond motifs is 1. The van der Waals surface area contributed by atoms with Crippen LogP contribution in [-0.4, -0.2) is 56.8 Å². The molecule has 0 spiro atoms. The van der Waals surface area contributed by atoms with Crippen molar-refractivity contribution >= 4 is 51.7 Å². The molecule has 2 amide bonds. The Morgan fingerprint density at radius 1 is 0.976 bits per heavy atom. The number of H-pyrrole nitrogens is 1. The number of nitrogens with one attached hydrogen (secondary N) is 1. The Balaban J connectivity index is 1.28. The third kappa shape index (κ3) is 7.21. The molecule has 4 aromatic rings. The van der Waals surface area contributed by atoms with E-state index in [1.165, 1.54) is 0 Å². The van der Waals surface area contributed by atoms with E-state index in [1.54, 1.807) is 18.3 Å². The summed E-state index contributed by atoms with van der Waals surface area (Å²) < 4.78 is 0. The molecule has 1 fully saturated rings. The van der Waals surface area contributed by atoms with Crippen LogP contribution in [0.4, 0.5) is 5.95 Å². The van der Waals surface area contributed by atoms with Gasteiger partial charge in [0, 0.05) is 47.3 Å². The Kier molecular flexibility index (Phi) is 9.15. The van der Waals surface area contributed by atoms with E-state index in [-0.39, 0.29) is 23.9 Å². The Hall–Kier alpha value is -3.55. The van der Waals surface area contributed by atoms with Gasteiger partial charge in [0.1, 0.15) is 0 Å². The lowest BCUT2D eigenvalue weighted by molar-refractivity contribution is -0.146. The van der Waals surface area contributed by atoms with Crippen molar-refractivity contribution in [2.75, 3.05) is 18.8 Å².